The van der Waals surface area contributed by atoms with Crippen molar-refractivity contribution in [2.45, 2.75) is 52.9 Å². The average molecular weight is 171 g/mol. The highest BCUT2D eigenvalue weighted by molar-refractivity contribution is 4.56. The summed E-state index contributed by atoms with van der Waals surface area (Å²) in [7, 11) is 0. The van der Waals surface area contributed by atoms with Crippen molar-refractivity contribution in [1.82, 2.24) is 5.32 Å². The number of hydrogen-bond donors (Lipinski definition) is 1. The van der Waals surface area contributed by atoms with E-state index in [4.69, 9.17) is 0 Å². The first-order valence-electron chi connectivity index (χ1n) is 5.52. The van der Waals surface area contributed by atoms with Crippen molar-refractivity contribution in [3.05, 3.63) is 0 Å². The van der Waals surface area contributed by atoms with Crippen molar-refractivity contribution >= 4 is 0 Å². The van der Waals surface area contributed by atoms with Gasteiger partial charge >= 0.3 is 0 Å². The lowest BCUT2D eigenvalue weighted by molar-refractivity contribution is 0.458. The van der Waals surface area contributed by atoms with Gasteiger partial charge in [0.1, 0.15) is 0 Å². The molecule has 0 aromatic rings. The van der Waals surface area contributed by atoms with Gasteiger partial charge in [-0.25, -0.2) is 0 Å². The second-order valence-corrected chi connectivity index (χ2v) is 3.81. The maximum absolute atomic E-state index is 3.46. The summed E-state index contributed by atoms with van der Waals surface area (Å²) in [5, 5.41) is 3.46. The van der Waals surface area contributed by atoms with Crippen molar-refractivity contribution in [3.8, 4) is 0 Å². The van der Waals surface area contributed by atoms with Crippen LogP contribution < -0.4 is 5.32 Å². The number of hydrogen-bond acceptors (Lipinski definition) is 1. The van der Waals surface area contributed by atoms with E-state index in [9.17, 15) is 0 Å². The molecule has 0 amide bonds. The standard InChI is InChI=1S/C11H25N/c1-4-6-7-8-11(3)10-12-9-5-2/h11-12H,4-10H2,1-3H3. The van der Waals surface area contributed by atoms with Crippen LogP contribution >= 0.6 is 0 Å². The van der Waals surface area contributed by atoms with Crippen LogP contribution in [0.1, 0.15) is 52.9 Å². The summed E-state index contributed by atoms with van der Waals surface area (Å²) in [5.41, 5.74) is 0. The Balaban J connectivity index is 3.04. The molecule has 0 rings (SSSR count). The normalized spacial score (nSPS) is 13.2. The van der Waals surface area contributed by atoms with Crippen molar-refractivity contribution in [2.24, 2.45) is 5.92 Å². The lowest BCUT2D eigenvalue weighted by atomic mass is 10.0. The molecule has 0 fully saturated rings. The van der Waals surface area contributed by atoms with Gasteiger partial charge in [0, 0.05) is 0 Å². The third-order valence-electron chi connectivity index (χ3n) is 2.22. The average Bonchev–Trinajstić information content (AvgIpc) is 2.06. The van der Waals surface area contributed by atoms with Crippen molar-refractivity contribution in [3.63, 3.8) is 0 Å². The number of unbranched alkanes of at least 4 members (excludes halogenated alkanes) is 2. The van der Waals surface area contributed by atoms with E-state index in [1.807, 2.05) is 0 Å². The van der Waals surface area contributed by atoms with Crippen LogP contribution in [-0.2, 0) is 0 Å². The van der Waals surface area contributed by atoms with Gasteiger partial charge in [0.05, 0.1) is 0 Å². The molecule has 0 saturated heterocycles. The molecule has 1 heteroatoms. The van der Waals surface area contributed by atoms with Crippen LogP contribution in [-0.4, -0.2) is 13.1 Å². The van der Waals surface area contributed by atoms with E-state index in [1.54, 1.807) is 0 Å². The second kappa shape index (κ2) is 9.05. The summed E-state index contributed by atoms with van der Waals surface area (Å²) in [5.74, 6) is 0.864. The molecule has 1 unspecified atom stereocenters. The first-order valence-corrected chi connectivity index (χ1v) is 5.52. The lowest BCUT2D eigenvalue weighted by Gasteiger charge is -2.11. The maximum atomic E-state index is 3.46. The van der Waals surface area contributed by atoms with Crippen LogP contribution in [0, 0.1) is 5.92 Å². The number of rotatable bonds is 8. The van der Waals surface area contributed by atoms with Gasteiger partial charge in [-0.3, -0.25) is 0 Å². The first-order chi connectivity index (χ1) is 5.81. The molecule has 1 atom stereocenters. The van der Waals surface area contributed by atoms with Gasteiger partial charge in [-0.2, -0.15) is 0 Å². The van der Waals surface area contributed by atoms with E-state index in [0.29, 0.717) is 0 Å². The molecule has 0 radical (unpaired) electrons. The topological polar surface area (TPSA) is 12.0 Å². The Kier molecular flexibility index (Phi) is 9.02. The highest BCUT2D eigenvalue weighted by Gasteiger charge is 1.99. The maximum Gasteiger partial charge on any atom is -0.00232 e. The van der Waals surface area contributed by atoms with Crippen molar-refractivity contribution < 1.29 is 0 Å². The third kappa shape index (κ3) is 8.06. The van der Waals surface area contributed by atoms with E-state index in [2.05, 4.69) is 26.1 Å². The molecular weight excluding hydrogens is 146 g/mol. The van der Waals surface area contributed by atoms with Crippen molar-refractivity contribution in [1.29, 1.82) is 0 Å². The van der Waals surface area contributed by atoms with Crippen molar-refractivity contribution in [2.75, 3.05) is 13.1 Å². The van der Waals surface area contributed by atoms with Crippen LogP contribution in [0.5, 0.6) is 0 Å². The predicted molar refractivity (Wildman–Crippen MR) is 56.5 cm³/mol. The number of nitrogens with one attached hydrogen (secondary N) is 1. The van der Waals surface area contributed by atoms with Gasteiger partial charge in [0.2, 0.25) is 0 Å². The van der Waals surface area contributed by atoms with Crippen LogP contribution in [0.25, 0.3) is 0 Å². The fourth-order valence-electron chi connectivity index (χ4n) is 1.37. The molecule has 1 nitrogen and oxygen atoms in total. The monoisotopic (exact) mass is 171 g/mol. The Morgan fingerprint density at radius 3 is 2.42 bits per heavy atom. The highest BCUT2D eigenvalue weighted by atomic mass is 14.8. The smallest absolute Gasteiger partial charge is 0.00232 e. The van der Waals surface area contributed by atoms with Crippen LogP contribution in [0.15, 0.2) is 0 Å². The fraction of sp³-hybridized carbons (Fsp3) is 1.00. The molecule has 0 spiro atoms. The molecular formula is C11H25N. The molecule has 0 aliphatic carbocycles. The van der Waals surface area contributed by atoms with E-state index < -0.39 is 0 Å². The Bertz CT molecular complexity index is 71.1. The lowest BCUT2D eigenvalue weighted by Crippen LogP contribution is -2.21. The van der Waals surface area contributed by atoms with Gasteiger partial charge in [0.15, 0.2) is 0 Å². The molecule has 1 N–H and O–H groups in total. The van der Waals surface area contributed by atoms with Crippen LogP contribution in [0.2, 0.25) is 0 Å². The summed E-state index contributed by atoms with van der Waals surface area (Å²) >= 11 is 0. The van der Waals surface area contributed by atoms with Crippen LogP contribution in [0.3, 0.4) is 0 Å². The summed E-state index contributed by atoms with van der Waals surface area (Å²) in [6, 6.07) is 0. The molecule has 0 heterocycles. The zero-order valence-electron chi connectivity index (χ0n) is 9.03. The zero-order valence-corrected chi connectivity index (χ0v) is 9.03. The highest BCUT2D eigenvalue weighted by Crippen LogP contribution is 2.07. The van der Waals surface area contributed by atoms with Gasteiger partial charge in [0.25, 0.3) is 0 Å². The first kappa shape index (κ1) is 12.0. The molecule has 74 valence electrons. The summed E-state index contributed by atoms with van der Waals surface area (Å²) in [6.45, 7) is 9.21. The largest absolute Gasteiger partial charge is 0.316 e. The van der Waals surface area contributed by atoms with Gasteiger partial charge in [-0.05, 0) is 31.8 Å². The fourth-order valence-corrected chi connectivity index (χ4v) is 1.37. The quantitative estimate of drug-likeness (QED) is 0.553. The SMILES string of the molecule is CCCCCC(C)CNCCC. The zero-order chi connectivity index (χ0) is 9.23. The third-order valence-corrected chi connectivity index (χ3v) is 2.22. The Labute approximate surface area is 77.9 Å². The Hall–Kier alpha value is -0.0400. The van der Waals surface area contributed by atoms with E-state index in [0.717, 1.165) is 5.92 Å². The van der Waals surface area contributed by atoms with Gasteiger partial charge in [-0.15, -0.1) is 0 Å². The van der Waals surface area contributed by atoms with E-state index >= 15 is 0 Å². The molecule has 12 heavy (non-hydrogen) atoms. The molecule has 0 saturated carbocycles. The van der Waals surface area contributed by atoms with Crippen LogP contribution in [0.4, 0.5) is 0 Å². The summed E-state index contributed by atoms with van der Waals surface area (Å²) in [4.78, 5) is 0. The summed E-state index contributed by atoms with van der Waals surface area (Å²) < 4.78 is 0. The minimum Gasteiger partial charge on any atom is -0.316 e. The van der Waals surface area contributed by atoms with Gasteiger partial charge in [-0.1, -0.05) is 40.0 Å². The second-order valence-electron chi connectivity index (χ2n) is 3.81. The van der Waals surface area contributed by atoms with E-state index in [1.165, 1.54) is 45.2 Å². The molecule has 0 aromatic carbocycles. The molecule has 0 aliphatic heterocycles. The Morgan fingerprint density at radius 1 is 1.08 bits per heavy atom. The molecule has 0 aromatic heterocycles. The van der Waals surface area contributed by atoms with E-state index in [-0.39, 0.29) is 0 Å². The predicted octanol–water partition coefficient (Wildman–Crippen LogP) is 3.20. The minimum absolute atomic E-state index is 0.864. The summed E-state index contributed by atoms with van der Waals surface area (Å²) in [6.07, 6.45) is 6.80. The Morgan fingerprint density at radius 2 is 1.83 bits per heavy atom. The minimum atomic E-state index is 0.864. The molecule has 0 bridgehead atoms. The van der Waals surface area contributed by atoms with Gasteiger partial charge < -0.3 is 5.32 Å². The molecule has 0 aliphatic rings.